The van der Waals surface area contributed by atoms with Gasteiger partial charge in [0, 0.05) is 17.3 Å². The molecule has 0 aliphatic rings. The molecule has 0 radical (unpaired) electrons. The van der Waals surface area contributed by atoms with E-state index < -0.39 is 5.97 Å². The van der Waals surface area contributed by atoms with E-state index in [0.29, 0.717) is 26.7 Å². The van der Waals surface area contributed by atoms with Gasteiger partial charge >= 0.3 is 5.97 Å². The van der Waals surface area contributed by atoms with Gasteiger partial charge in [-0.2, -0.15) is 0 Å². The highest BCUT2D eigenvalue weighted by atomic mass is 35.5. The lowest BCUT2D eigenvalue weighted by molar-refractivity contribution is -0.136. The number of nitrogen functional groups attached to an aromatic ring is 1. The molecule has 0 saturated heterocycles. The quantitative estimate of drug-likeness (QED) is 0.911. The number of hydrogen-bond donors (Lipinski definition) is 2. The Morgan fingerprint density at radius 1 is 1.32 bits per heavy atom. The van der Waals surface area contributed by atoms with Crippen molar-refractivity contribution in [3.8, 4) is 11.1 Å². The number of carboxylic acid groups (broad SMARTS) is 1. The summed E-state index contributed by atoms with van der Waals surface area (Å²) in [7, 11) is 0. The third-order valence-corrected chi connectivity index (χ3v) is 3.39. The van der Waals surface area contributed by atoms with Gasteiger partial charge in [0.25, 0.3) is 0 Å². The predicted octanol–water partition coefficient (Wildman–Crippen LogP) is 3.26. The first kappa shape index (κ1) is 13.6. The number of carbonyl (C=O) groups is 1. The van der Waals surface area contributed by atoms with Gasteiger partial charge in [-0.25, -0.2) is 4.98 Å². The third kappa shape index (κ3) is 2.97. The van der Waals surface area contributed by atoms with Crippen molar-refractivity contribution in [3.63, 3.8) is 0 Å². The maximum absolute atomic E-state index is 10.7. The second kappa shape index (κ2) is 5.47. The van der Waals surface area contributed by atoms with Gasteiger partial charge in [-0.05, 0) is 17.7 Å². The molecule has 1 heterocycles. The highest BCUT2D eigenvalue weighted by Crippen LogP contribution is 2.35. The molecule has 2 aromatic rings. The Hall–Kier alpha value is -1.78. The standard InChI is InChI=1S/C13H10Cl2N2O2/c14-10-3-1-2-8(12(10)15)9-4-7(5-11(18)19)6-17-13(9)16/h1-4,6H,5H2,(H2,16,17)(H,18,19). The molecule has 3 N–H and O–H groups in total. The smallest absolute Gasteiger partial charge is 0.307 e. The summed E-state index contributed by atoms with van der Waals surface area (Å²) < 4.78 is 0. The Morgan fingerprint density at radius 3 is 2.74 bits per heavy atom. The third-order valence-electron chi connectivity index (χ3n) is 2.57. The van der Waals surface area contributed by atoms with Gasteiger partial charge in [0.15, 0.2) is 0 Å². The zero-order chi connectivity index (χ0) is 14.0. The van der Waals surface area contributed by atoms with Crippen LogP contribution in [0.1, 0.15) is 5.56 Å². The number of anilines is 1. The number of nitrogens with two attached hydrogens (primary N) is 1. The van der Waals surface area contributed by atoms with Crippen molar-refractivity contribution >= 4 is 35.0 Å². The van der Waals surface area contributed by atoms with Crippen molar-refractivity contribution in [2.45, 2.75) is 6.42 Å². The van der Waals surface area contributed by atoms with Crippen LogP contribution in [0.3, 0.4) is 0 Å². The molecule has 0 spiro atoms. The molecule has 6 heteroatoms. The average molecular weight is 297 g/mol. The zero-order valence-electron chi connectivity index (χ0n) is 9.73. The van der Waals surface area contributed by atoms with Crippen LogP contribution in [0.25, 0.3) is 11.1 Å². The van der Waals surface area contributed by atoms with Crippen LogP contribution in [0, 0.1) is 0 Å². The van der Waals surface area contributed by atoms with Gasteiger partial charge in [-0.3, -0.25) is 4.79 Å². The molecule has 0 amide bonds. The molecule has 98 valence electrons. The molecule has 0 unspecified atom stereocenters. The molecule has 0 bridgehead atoms. The minimum absolute atomic E-state index is 0.127. The summed E-state index contributed by atoms with van der Waals surface area (Å²) in [5.74, 6) is -0.659. The zero-order valence-corrected chi connectivity index (χ0v) is 11.2. The van der Waals surface area contributed by atoms with E-state index in [-0.39, 0.29) is 12.2 Å². The molecule has 1 aromatic carbocycles. The summed E-state index contributed by atoms with van der Waals surface area (Å²) in [5.41, 5.74) is 7.57. The SMILES string of the molecule is Nc1ncc(CC(=O)O)cc1-c1cccc(Cl)c1Cl. The normalized spacial score (nSPS) is 10.4. The van der Waals surface area contributed by atoms with Crippen LogP contribution >= 0.6 is 23.2 Å². The second-order valence-electron chi connectivity index (χ2n) is 3.95. The first-order chi connectivity index (χ1) is 8.99. The maximum atomic E-state index is 10.7. The van der Waals surface area contributed by atoms with Gasteiger partial charge in [0.1, 0.15) is 5.82 Å². The van der Waals surface area contributed by atoms with E-state index in [0.717, 1.165) is 0 Å². The van der Waals surface area contributed by atoms with Crippen LogP contribution in [0.5, 0.6) is 0 Å². The summed E-state index contributed by atoms with van der Waals surface area (Å²) in [4.78, 5) is 14.7. The molecule has 1 aromatic heterocycles. The molecule has 4 nitrogen and oxygen atoms in total. The molecule has 0 aliphatic heterocycles. The minimum atomic E-state index is -0.935. The Balaban J connectivity index is 2.54. The molecule has 0 fully saturated rings. The number of aromatic nitrogens is 1. The summed E-state index contributed by atoms with van der Waals surface area (Å²) >= 11 is 12.1. The lowest BCUT2D eigenvalue weighted by atomic mass is 10.0. The fraction of sp³-hybridized carbons (Fsp3) is 0.0769. The van der Waals surface area contributed by atoms with Crippen LogP contribution in [0.15, 0.2) is 30.5 Å². The van der Waals surface area contributed by atoms with E-state index in [1.54, 1.807) is 24.3 Å². The van der Waals surface area contributed by atoms with Gasteiger partial charge in [-0.1, -0.05) is 35.3 Å². The topological polar surface area (TPSA) is 76.2 Å². The van der Waals surface area contributed by atoms with E-state index in [1.165, 1.54) is 6.20 Å². The summed E-state index contributed by atoms with van der Waals surface area (Å²) in [5, 5.41) is 9.56. The van der Waals surface area contributed by atoms with Crippen molar-refractivity contribution in [1.82, 2.24) is 4.98 Å². The summed E-state index contributed by atoms with van der Waals surface area (Å²) in [6.07, 6.45) is 1.31. The molecule has 2 rings (SSSR count). The Labute approximate surface area is 119 Å². The summed E-state index contributed by atoms with van der Waals surface area (Å²) in [6, 6.07) is 6.82. The van der Waals surface area contributed by atoms with Crippen molar-refractivity contribution < 1.29 is 9.90 Å². The van der Waals surface area contributed by atoms with Crippen molar-refractivity contribution in [1.29, 1.82) is 0 Å². The minimum Gasteiger partial charge on any atom is -0.481 e. The molecule has 0 saturated carbocycles. The lowest BCUT2D eigenvalue weighted by Gasteiger charge is -2.09. The number of aliphatic carboxylic acids is 1. The Kier molecular flexibility index (Phi) is 3.93. The fourth-order valence-electron chi connectivity index (χ4n) is 1.72. The van der Waals surface area contributed by atoms with Crippen LogP contribution in [0.2, 0.25) is 10.0 Å². The molecule has 0 atom stereocenters. The summed E-state index contributed by atoms with van der Waals surface area (Å²) in [6.45, 7) is 0. The second-order valence-corrected chi connectivity index (χ2v) is 4.73. The van der Waals surface area contributed by atoms with Crippen molar-refractivity contribution in [2.24, 2.45) is 0 Å². The van der Waals surface area contributed by atoms with Gasteiger partial charge < -0.3 is 10.8 Å². The largest absolute Gasteiger partial charge is 0.481 e. The highest BCUT2D eigenvalue weighted by molar-refractivity contribution is 6.43. The number of pyridine rings is 1. The number of nitrogens with zero attached hydrogens (tertiary/aromatic N) is 1. The predicted molar refractivity (Wildman–Crippen MR) is 75.4 cm³/mol. The molecule has 0 aliphatic carbocycles. The average Bonchev–Trinajstić information content (AvgIpc) is 2.35. The monoisotopic (exact) mass is 296 g/mol. The number of benzene rings is 1. The molecular weight excluding hydrogens is 287 g/mol. The first-order valence-corrected chi connectivity index (χ1v) is 6.15. The van der Waals surface area contributed by atoms with Crippen LogP contribution in [-0.4, -0.2) is 16.1 Å². The van der Waals surface area contributed by atoms with E-state index in [2.05, 4.69) is 4.98 Å². The first-order valence-electron chi connectivity index (χ1n) is 5.39. The van der Waals surface area contributed by atoms with Crippen LogP contribution < -0.4 is 5.73 Å². The number of halogens is 2. The number of rotatable bonds is 3. The van der Waals surface area contributed by atoms with E-state index >= 15 is 0 Å². The maximum Gasteiger partial charge on any atom is 0.307 e. The van der Waals surface area contributed by atoms with Gasteiger partial charge in [0.2, 0.25) is 0 Å². The van der Waals surface area contributed by atoms with E-state index in [4.69, 9.17) is 34.0 Å². The number of hydrogen-bond acceptors (Lipinski definition) is 3. The molecular formula is C13H10Cl2N2O2. The number of carboxylic acids is 1. The Bertz CT molecular complexity index is 645. The van der Waals surface area contributed by atoms with Crippen LogP contribution in [-0.2, 0) is 11.2 Å². The van der Waals surface area contributed by atoms with Gasteiger partial charge in [-0.15, -0.1) is 0 Å². The van der Waals surface area contributed by atoms with Gasteiger partial charge in [0.05, 0.1) is 16.5 Å². The fourth-order valence-corrected chi connectivity index (χ4v) is 2.12. The van der Waals surface area contributed by atoms with E-state index in [1.807, 2.05) is 0 Å². The van der Waals surface area contributed by atoms with E-state index in [9.17, 15) is 4.79 Å². The van der Waals surface area contributed by atoms with Crippen molar-refractivity contribution in [3.05, 3.63) is 46.1 Å². The molecule has 19 heavy (non-hydrogen) atoms. The van der Waals surface area contributed by atoms with Crippen LogP contribution in [0.4, 0.5) is 5.82 Å². The highest BCUT2D eigenvalue weighted by Gasteiger charge is 2.12. The van der Waals surface area contributed by atoms with Crippen molar-refractivity contribution in [2.75, 3.05) is 5.73 Å². The lowest BCUT2D eigenvalue weighted by Crippen LogP contribution is -2.03. The Morgan fingerprint density at radius 2 is 2.05 bits per heavy atom.